The number of fused-ring (bicyclic) bond motifs is 1. The van der Waals surface area contributed by atoms with Crippen molar-refractivity contribution in [3.05, 3.63) is 88.0 Å². The van der Waals surface area contributed by atoms with Gasteiger partial charge in [-0.3, -0.25) is 9.10 Å². The number of nitrogens with one attached hydrogen (secondary N) is 1. The summed E-state index contributed by atoms with van der Waals surface area (Å²) in [5.41, 5.74) is 2.82. The Kier molecular flexibility index (Phi) is 8.47. The number of sulfonamides is 1. The van der Waals surface area contributed by atoms with Gasteiger partial charge < -0.3 is 14.8 Å². The Morgan fingerprint density at radius 1 is 1.26 bits per heavy atom. The molecule has 0 fully saturated rings. The number of aliphatic imine (C=N–C) groups is 1. The zero-order valence-corrected chi connectivity index (χ0v) is 22.7. The van der Waals surface area contributed by atoms with Crippen LogP contribution in [0.1, 0.15) is 36.5 Å². The van der Waals surface area contributed by atoms with Crippen molar-refractivity contribution in [3.8, 4) is 6.07 Å². The average Bonchev–Trinajstić information content (AvgIpc) is 3.30. The second-order valence-electron chi connectivity index (χ2n) is 9.08. The lowest BCUT2D eigenvalue weighted by Crippen LogP contribution is -2.36. The van der Waals surface area contributed by atoms with Crippen molar-refractivity contribution < 1.29 is 27.1 Å². The molecule has 1 N–H and O–H groups in total. The molecule has 9 nitrogen and oxygen atoms in total. The van der Waals surface area contributed by atoms with E-state index in [2.05, 4.69) is 16.4 Å². The van der Waals surface area contributed by atoms with Crippen LogP contribution in [0.25, 0.3) is 5.76 Å². The molecule has 2 aliphatic heterocycles. The molecule has 0 saturated heterocycles. The number of carbonyl (C=O) groups excluding carboxylic acids is 1. The van der Waals surface area contributed by atoms with Gasteiger partial charge in [-0.2, -0.15) is 10.3 Å². The summed E-state index contributed by atoms with van der Waals surface area (Å²) in [4.78, 5) is 17.5. The van der Waals surface area contributed by atoms with Crippen LogP contribution < -0.4 is 5.32 Å². The second kappa shape index (κ2) is 11.8. The lowest BCUT2D eigenvalue weighted by Gasteiger charge is -2.29. The largest absolute Gasteiger partial charge is 0.441 e. The Hall–Kier alpha value is -4.01. The molecule has 4 rings (SSSR count). The number of allylic oxidation sites excluding steroid dienone is 1. The molecule has 2 aromatic carbocycles. The Balaban J connectivity index is 1.60. The first-order valence-electron chi connectivity index (χ1n) is 12.4. The number of ether oxygens (including phenoxy) is 2. The van der Waals surface area contributed by atoms with E-state index >= 15 is 0 Å². The molecule has 0 saturated carbocycles. The number of hydrogen-bond acceptors (Lipinski definition) is 7. The molecule has 2 aromatic rings. The standard InChI is InChI=1S/C28H29FN4O5S/c1-4-18-15-23-24(27(34)31-2)25(19-9-11-22(29)12-10-19)38-28(23)32-26(18)33(39(3,35)36)13-14-37-17-21-8-6-5-7-20(21)16-30/h5-12,23H,4,13-15,17H2,1-3H3,(H,31,34). The van der Waals surface area contributed by atoms with Crippen LogP contribution in [0.4, 0.5) is 4.39 Å². The van der Waals surface area contributed by atoms with Crippen LogP contribution in [-0.2, 0) is 30.9 Å². The van der Waals surface area contributed by atoms with Gasteiger partial charge in [0.05, 0.1) is 49.1 Å². The first kappa shape index (κ1) is 28.0. The lowest BCUT2D eigenvalue weighted by molar-refractivity contribution is -0.117. The zero-order valence-electron chi connectivity index (χ0n) is 21.9. The SMILES string of the molecule is CCC1=C(N(CCOCc2ccccc2C#N)S(C)(=O)=O)N=C2OC(c3ccc(F)cc3)=C(C(=O)NC)C2C1. The number of nitrogens with zero attached hydrogens (tertiary/aromatic N) is 3. The van der Waals surface area contributed by atoms with E-state index < -0.39 is 21.8 Å². The number of carbonyl (C=O) groups is 1. The molecule has 0 aromatic heterocycles. The maximum atomic E-state index is 13.5. The molecule has 39 heavy (non-hydrogen) atoms. The van der Waals surface area contributed by atoms with Gasteiger partial charge in [-0.1, -0.05) is 25.1 Å². The van der Waals surface area contributed by atoms with Crippen molar-refractivity contribution >= 4 is 27.6 Å². The molecule has 0 spiro atoms. The molecular weight excluding hydrogens is 523 g/mol. The molecule has 1 atom stereocenters. The molecule has 1 amide bonds. The molecular formula is C28H29FN4O5S. The number of amides is 1. The highest BCUT2D eigenvalue weighted by Crippen LogP contribution is 2.42. The van der Waals surface area contributed by atoms with E-state index in [4.69, 9.17) is 9.47 Å². The van der Waals surface area contributed by atoms with Gasteiger partial charge in [-0.25, -0.2) is 12.8 Å². The van der Waals surface area contributed by atoms with E-state index in [1.54, 1.807) is 24.3 Å². The number of nitriles is 1. The van der Waals surface area contributed by atoms with Crippen LogP contribution in [0, 0.1) is 23.1 Å². The smallest absolute Gasteiger partial charge is 0.251 e. The highest BCUT2D eigenvalue weighted by molar-refractivity contribution is 7.88. The third-order valence-corrected chi connectivity index (χ3v) is 7.71. The minimum Gasteiger partial charge on any atom is -0.441 e. The first-order chi connectivity index (χ1) is 18.7. The van der Waals surface area contributed by atoms with E-state index in [1.807, 2.05) is 6.92 Å². The highest BCUT2D eigenvalue weighted by Gasteiger charge is 2.42. The summed E-state index contributed by atoms with van der Waals surface area (Å²) in [5.74, 6) is -0.576. The van der Waals surface area contributed by atoms with Gasteiger partial charge in [0.2, 0.25) is 15.9 Å². The monoisotopic (exact) mass is 552 g/mol. The van der Waals surface area contributed by atoms with Gasteiger partial charge in [0.1, 0.15) is 17.4 Å². The molecule has 0 aliphatic carbocycles. The van der Waals surface area contributed by atoms with Gasteiger partial charge in [-0.05, 0) is 54.3 Å². The van der Waals surface area contributed by atoms with Crippen LogP contribution in [0.5, 0.6) is 0 Å². The molecule has 0 bridgehead atoms. The Morgan fingerprint density at radius 3 is 2.62 bits per heavy atom. The maximum absolute atomic E-state index is 13.5. The fourth-order valence-electron chi connectivity index (χ4n) is 4.58. The minimum absolute atomic E-state index is 0.00557. The number of halogens is 1. The van der Waals surface area contributed by atoms with E-state index in [0.29, 0.717) is 35.1 Å². The lowest BCUT2D eigenvalue weighted by atomic mass is 9.88. The van der Waals surface area contributed by atoms with Crippen molar-refractivity contribution in [2.24, 2.45) is 10.9 Å². The molecule has 1 unspecified atom stereocenters. The summed E-state index contributed by atoms with van der Waals surface area (Å²) in [7, 11) is -2.24. The first-order valence-corrected chi connectivity index (χ1v) is 14.3. The van der Waals surface area contributed by atoms with Crippen molar-refractivity contribution in [3.63, 3.8) is 0 Å². The van der Waals surface area contributed by atoms with Gasteiger partial charge in [0, 0.05) is 12.6 Å². The van der Waals surface area contributed by atoms with Crippen molar-refractivity contribution in [2.45, 2.75) is 26.4 Å². The molecule has 2 aliphatic rings. The number of benzene rings is 2. The van der Waals surface area contributed by atoms with Gasteiger partial charge in [-0.15, -0.1) is 0 Å². The fraction of sp³-hybridized carbons (Fsp3) is 0.321. The summed E-state index contributed by atoms with van der Waals surface area (Å²) in [6.45, 7) is 2.10. The third-order valence-electron chi connectivity index (χ3n) is 6.56. The van der Waals surface area contributed by atoms with Gasteiger partial charge >= 0.3 is 0 Å². The Bertz CT molecular complexity index is 1510. The Labute approximate surface area is 227 Å². The number of hydrogen-bond donors (Lipinski definition) is 1. The highest BCUT2D eigenvalue weighted by atomic mass is 32.2. The third kappa shape index (κ3) is 6.02. The molecule has 2 heterocycles. The maximum Gasteiger partial charge on any atom is 0.251 e. The normalized spacial score (nSPS) is 16.8. The van der Waals surface area contributed by atoms with Crippen molar-refractivity contribution in [2.75, 3.05) is 26.5 Å². The van der Waals surface area contributed by atoms with E-state index in [-0.39, 0.29) is 43.1 Å². The van der Waals surface area contributed by atoms with E-state index in [9.17, 15) is 22.9 Å². The second-order valence-corrected chi connectivity index (χ2v) is 11.0. The van der Waals surface area contributed by atoms with Crippen molar-refractivity contribution in [1.82, 2.24) is 9.62 Å². The minimum atomic E-state index is -3.75. The van der Waals surface area contributed by atoms with Crippen molar-refractivity contribution in [1.29, 1.82) is 5.26 Å². The predicted octanol–water partition coefficient (Wildman–Crippen LogP) is 3.70. The summed E-state index contributed by atoms with van der Waals surface area (Å²) in [5, 5.41) is 11.9. The van der Waals surface area contributed by atoms with Gasteiger partial charge in [0.15, 0.2) is 0 Å². The van der Waals surface area contributed by atoms with Gasteiger partial charge in [0.25, 0.3) is 5.91 Å². The van der Waals surface area contributed by atoms with Crippen LogP contribution in [0.3, 0.4) is 0 Å². The topological polar surface area (TPSA) is 121 Å². The zero-order chi connectivity index (χ0) is 28.2. The molecule has 11 heteroatoms. The average molecular weight is 553 g/mol. The van der Waals surface area contributed by atoms with Crippen LogP contribution in [-0.4, -0.2) is 51.0 Å². The molecule has 0 radical (unpaired) electrons. The van der Waals surface area contributed by atoms with E-state index in [0.717, 1.165) is 11.8 Å². The quantitative estimate of drug-likeness (QED) is 0.449. The van der Waals surface area contributed by atoms with Crippen LogP contribution in [0.15, 0.2) is 70.5 Å². The summed E-state index contributed by atoms with van der Waals surface area (Å²) in [6.07, 6.45) is 1.93. The predicted molar refractivity (Wildman–Crippen MR) is 144 cm³/mol. The number of rotatable bonds is 10. The Morgan fingerprint density at radius 2 is 1.97 bits per heavy atom. The summed E-state index contributed by atoms with van der Waals surface area (Å²) in [6, 6.07) is 14.7. The summed E-state index contributed by atoms with van der Waals surface area (Å²) >= 11 is 0. The summed E-state index contributed by atoms with van der Waals surface area (Å²) < 4.78 is 52.2. The van der Waals surface area contributed by atoms with Crippen LogP contribution >= 0.6 is 0 Å². The number of likely N-dealkylation sites (N-methyl/N-ethyl adjacent to an activating group) is 1. The fourth-order valence-corrected chi connectivity index (χ4v) is 5.47. The molecule has 204 valence electrons. The van der Waals surface area contributed by atoms with E-state index in [1.165, 1.54) is 35.6 Å². The van der Waals surface area contributed by atoms with Crippen LogP contribution in [0.2, 0.25) is 0 Å².